The van der Waals surface area contributed by atoms with Gasteiger partial charge >= 0.3 is 5.37 Å². The van der Waals surface area contributed by atoms with E-state index in [0.29, 0.717) is 13.1 Å². The van der Waals surface area contributed by atoms with Crippen molar-refractivity contribution in [1.82, 2.24) is 4.90 Å². The first-order valence-electron chi connectivity index (χ1n) is 4.96. The van der Waals surface area contributed by atoms with Gasteiger partial charge in [0, 0.05) is 13.1 Å². The summed E-state index contributed by atoms with van der Waals surface area (Å²) in [5.41, 5.74) is 2.53. The van der Waals surface area contributed by atoms with Crippen LogP contribution in [0.2, 0.25) is 0 Å². The number of hydrogen-bond acceptors (Lipinski definition) is 1. The molecule has 78 valence electrons. The summed E-state index contributed by atoms with van der Waals surface area (Å²) >= 11 is 5.41. The minimum atomic E-state index is -0.363. The van der Waals surface area contributed by atoms with Crippen molar-refractivity contribution < 1.29 is 4.79 Å². The molecule has 0 bridgehead atoms. The van der Waals surface area contributed by atoms with Gasteiger partial charge in [0.2, 0.25) is 0 Å². The predicted molar refractivity (Wildman–Crippen MR) is 61.9 cm³/mol. The fraction of sp³-hybridized carbons (Fsp3) is 0.250. The first-order chi connectivity index (χ1) is 7.27. The van der Waals surface area contributed by atoms with Crippen LogP contribution in [-0.4, -0.2) is 23.4 Å². The van der Waals surface area contributed by atoms with Crippen LogP contribution in [0, 0.1) is 0 Å². The minimum Gasteiger partial charge on any atom is -0.325 e. The third-order valence-corrected chi connectivity index (χ3v) is 2.84. The van der Waals surface area contributed by atoms with E-state index in [1.165, 1.54) is 11.1 Å². The van der Waals surface area contributed by atoms with Gasteiger partial charge in [0.1, 0.15) is 0 Å². The molecule has 1 aliphatic heterocycles. The number of benzene rings is 1. The Morgan fingerprint density at radius 3 is 2.53 bits per heavy atom. The third-order valence-electron chi connectivity index (χ3n) is 2.60. The van der Waals surface area contributed by atoms with Gasteiger partial charge in [-0.2, -0.15) is 0 Å². The molecule has 0 radical (unpaired) electrons. The fourth-order valence-corrected chi connectivity index (χ4v) is 1.90. The molecular formula is C12H12ClNO. The van der Waals surface area contributed by atoms with Gasteiger partial charge in [0.25, 0.3) is 0 Å². The summed E-state index contributed by atoms with van der Waals surface area (Å²) in [6.45, 7) is 1.33. The summed E-state index contributed by atoms with van der Waals surface area (Å²) in [5.74, 6) is 0. The Kier molecular flexibility index (Phi) is 3.07. The Balaban J connectivity index is 2.12. The summed E-state index contributed by atoms with van der Waals surface area (Å²) in [7, 11) is 0. The largest absolute Gasteiger partial charge is 0.325 e. The second kappa shape index (κ2) is 4.49. The first kappa shape index (κ1) is 10.2. The smallest absolute Gasteiger partial charge is 0.316 e. The average Bonchev–Trinajstić information content (AvgIpc) is 2.30. The number of rotatable bonds is 1. The van der Waals surface area contributed by atoms with Crippen LogP contribution in [0.15, 0.2) is 36.4 Å². The van der Waals surface area contributed by atoms with Gasteiger partial charge in [-0.25, -0.2) is 0 Å². The Bertz CT molecular complexity index is 386. The molecule has 0 saturated carbocycles. The molecule has 0 aliphatic carbocycles. The van der Waals surface area contributed by atoms with Crippen LogP contribution in [0.4, 0.5) is 4.79 Å². The Morgan fingerprint density at radius 1 is 1.27 bits per heavy atom. The van der Waals surface area contributed by atoms with Gasteiger partial charge in [-0.3, -0.25) is 4.79 Å². The van der Waals surface area contributed by atoms with Crippen molar-refractivity contribution in [2.24, 2.45) is 0 Å². The minimum absolute atomic E-state index is 0.363. The van der Waals surface area contributed by atoms with Crippen molar-refractivity contribution in [3.8, 4) is 0 Å². The molecular weight excluding hydrogens is 210 g/mol. The lowest BCUT2D eigenvalue weighted by Gasteiger charge is -2.24. The second-order valence-corrected chi connectivity index (χ2v) is 3.87. The van der Waals surface area contributed by atoms with Crippen molar-refractivity contribution in [3.63, 3.8) is 0 Å². The fourth-order valence-electron chi connectivity index (χ4n) is 1.74. The highest BCUT2D eigenvalue weighted by Gasteiger charge is 2.15. The molecule has 2 nitrogen and oxygen atoms in total. The van der Waals surface area contributed by atoms with E-state index in [2.05, 4.69) is 18.2 Å². The van der Waals surface area contributed by atoms with Crippen molar-refractivity contribution >= 4 is 22.5 Å². The molecule has 1 aliphatic rings. The highest BCUT2D eigenvalue weighted by Crippen LogP contribution is 2.22. The van der Waals surface area contributed by atoms with Crippen LogP contribution in [0.1, 0.15) is 12.0 Å². The molecule has 0 unspecified atom stereocenters. The van der Waals surface area contributed by atoms with E-state index >= 15 is 0 Å². The quantitative estimate of drug-likeness (QED) is 0.527. The zero-order chi connectivity index (χ0) is 10.7. The summed E-state index contributed by atoms with van der Waals surface area (Å²) in [4.78, 5) is 12.5. The SMILES string of the molecule is O=C(Cl)N1CC=C(c2ccccc2)CC1. The number of halogens is 1. The molecule has 1 heterocycles. The standard InChI is InChI=1S/C12H12ClNO/c13-12(15)14-8-6-11(7-9-14)10-4-2-1-3-5-10/h1-6H,7-9H2. The molecule has 0 N–H and O–H groups in total. The zero-order valence-corrected chi connectivity index (χ0v) is 9.07. The highest BCUT2D eigenvalue weighted by atomic mass is 35.5. The molecule has 2 rings (SSSR count). The number of hydrogen-bond donors (Lipinski definition) is 0. The second-order valence-electron chi connectivity index (χ2n) is 3.54. The zero-order valence-electron chi connectivity index (χ0n) is 8.32. The third kappa shape index (κ3) is 2.39. The van der Waals surface area contributed by atoms with Crippen LogP contribution < -0.4 is 0 Å². The van der Waals surface area contributed by atoms with Gasteiger partial charge in [-0.15, -0.1) is 0 Å². The number of carbonyl (C=O) groups is 1. The van der Waals surface area contributed by atoms with Crippen molar-refractivity contribution in [2.45, 2.75) is 6.42 Å². The normalized spacial score (nSPS) is 16.1. The van der Waals surface area contributed by atoms with Gasteiger partial charge in [-0.1, -0.05) is 36.4 Å². The molecule has 0 spiro atoms. The number of amides is 1. The Hall–Kier alpha value is -1.28. The van der Waals surface area contributed by atoms with Crippen LogP contribution in [0.5, 0.6) is 0 Å². The maximum Gasteiger partial charge on any atom is 0.316 e. The first-order valence-corrected chi connectivity index (χ1v) is 5.34. The molecule has 0 fully saturated rings. The number of carbonyl (C=O) groups excluding carboxylic acids is 1. The Morgan fingerprint density at radius 2 is 2.00 bits per heavy atom. The van der Waals surface area contributed by atoms with Gasteiger partial charge < -0.3 is 4.90 Å². The molecule has 1 aromatic rings. The molecule has 1 aromatic carbocycles. The lowest BCUT2D eigenvalue weighted by molar-refractivity contribution is 0.227. The van der Waals surface area contributed by atoms with E-state index in [4.69, 9.17) is 11.6 Å². The maximum atomic E-state index is 10.9. The number of nitrogens with zero attached hydrogens (tertiary/aromatic N) is 1. The monoisotopic (exact) mass is 221 g/mol. The van der Waals surface area contributed by atoms with Gasteiger partial charge in [-0.05, 0) is 29.2 Å². The molecule has 3 heteroatoms. The van der Waals surface area contributed by atoms with Crippen LogP contribution in [0.25, 0.3) is 5.57 Å². The van der Waals surface area contributed by atoms with Crippen molar-refractivity contribution in [3.05, 3.63) is 42.0 Å². The summed E-state index contributed by atoms with van der Waals surface area (Å²) in [6.07, 6.45) is 2.95. The predicted octanol–water partition coefficient (Wildman–Crippen LogP) is 3.13. The maximum absolute atomic E-state index is 10.9. The van der Waals surface area contributed by atoms with Gasteiger partial charge in [0.15, 0.2) is 0 Å². The molecule has 0 aromatic heterocycles. The van der Waals surface area contributed by atoms with E-state index in [-0.39, 0.29) is 5.37 Å². The Labute approximate surface area is 94.2 Å². The van der Waals surface area contributed by atoms with Crippen molar-refractivity contribution in [2.75, 3.05) is 13.1 Å². The average molecular weight is 222 g/mol. The van der Waals surface area contributed by atoms with E-state index in [1.54, 1.807) is 4.90 Å². The lowest BCUT2D eigenvalue weighted by Crippen LogP contribution is -2.30. The molecule has 15 heavy (non-hydrogen) atoms. The lowest BCUT2D eigenvalue weighted by atomic mass is 10.00. The van der Waals surface area contributed by atoms with Crippen molar-refractivity contribution in [1.29, 1.82) is 0 Å². The summed E-state index contributed by atoms with van der Waals surface area (Å²) < 4.78 is 0. The van der Waals surface area contributed by atoms with Crippen LogP contribution in [0.3, 0.4) is 0 Å². The van der Waals surface area contributed by atoms with Gasteiger partial charge in [0.05, 0.1) is 0 Å². The van der Waals surface area contributed by atoms with Crippen LogP contribution >= 0.6 is 11.6 Å². The molecule has 1 amide bonds. The highest BCUT2D eigenvalue weighted by molar-refractivity contribution is 6.62. The van der Waals surface area contributed by atoms with E-state index in [0.717, 1.165) is 6.42 Å². The molecule has 0 saturated heterocycles. The van der Waals surface area contributed by atoms with E-state index < -0.39 is 0 Å². The summed E-state index contributed by atoms with van der Waals surface area (Å²) in [5, 5.41) is -0.363. The van der Waals surface area contributed by atoms with E-state index in [1.807, 2.05) is 18.2 Å². The van der Waals surface area contributed by atoms with E-state index in [9.17, 15) is 4.79 Å². The molecule has 0 atom stereocenters. The topological polar surface area (TPSA) is 20.3 Å². The summed E-state index contributed by atoms with van der Waals surface area (Å²) in [6, 6.07) is 10.2. The van der Waals surface area contributed by atoms with Crippen LogP contribution in [-0.2, 0) is 0 Å².